The molecular weight excluding hydrogens is 592 g/mol. The molecule has 1 aliphatic rings. The minimum absolute atomic E-state index is 0.00982. The van der Waals surface area contributed by atoms with Crippen molar-refractivity contribution in [2.24, 2.45) is 0 Å². The number of hydrogen-bond acceptors (Lipinski definition) is 6. The Morgan fingerprint density at radius 1 is 0.977 bits per heavy atom. The van der Waals surface area contributed by atoms with Crippen molar-refractivity contribution >= 4 is 44.8 Å². The highest BCUT2D eigenvalue weighted by Gasteiger charge is 2.34. The van der Waals surface area contributed by atoms with Gasteiger partial charge in [-0.1, -0.05) is 79.4 Å². The summed E-state index contributed by atoms with van der Waals surface area (Å²) in [5, 5.41) is 15.0. The second-order valence-corrected chi connectivity index (χ2v) is 13.1. The van der Waals surface area contributed by atoms with Gasteiger partial charge in [0.1, 0.15) is 12.6 Å². The van der Waals surface area contributed by atoms with Crippen LogP contribution in [-0.2, 0) is 32.6 Å². The normalized spacial score (nSPS) is 14.5. The molecule has 0 spiro atoms. The molecule has 1 unspecified atom stereocenters. The summed E-state index contributed by atoms with van der Waals surface area (Å²) in [5.41, 5.74) is 1.19. The molecule has 3 aromatic carbocycles. The van der Waals surface area contributed by atoms with Crippen LogP contribution >= 0.6 is 11.6 Å². The maximum Gasteiger partial charge on any atom is 0.271 e. The van der Waals surface area contributed by atoms with Gasteiger partial charge >= 0.3 is 0 Å². The Labute approximate surface area is 256 Å². The number of nitro benzene ring substituents is 1. The highest BCUT2D eigenvalue weighted by atomic mass is 35.5. The quantitative estimate of drug-likeness (QED) is 0.220. The molecule has 43 heavy (non-hydrogen) atoms. The number of halogens is 1. The summed E-state index contributed by atoms with van der Waals surface area (Å²) in [6.45, 7) is -0.645. The van der Waals surface area contributed by atoms with E-state index in [0.29, 0.717) is 10.6 Å². The van der Waals surface area contributed by atoms with E-state index in [0.717, 1.165) is 54.3 Å². The fourth-order valence-electron chi connectivity index (χ4n) is 5.26. The summed E-state index contributed by atoms with van der Waals surface area (Å²) in [6.07, 6.45) is 5.96. The molecule has 0 heterocycles. The van der Waals surface area contributed by atoms with Gasteiger partial charge in [-0.25, -0.2) is 8.42 Å². The Hall–Kier alpha value is -3.96. The lowest BCUT2D eigenvalue weighted by molar-refractivity contribution is -0.384. The molecule has 12 heteroatoms. The average molecular weight is 627 g/mol. The Kier molecular flexibility index (Phi) is 10.8. The number of carbonyl (C=O) groups is 2. The van der Waals surface area contributed by atoms with Crippen molar-refractivity contribution in [2.75, 3.05) is 17.1 Å². The van der Waals surface area contributed by atoms with Gasteiger partial charge in [0.2, 0.25) is 21.8 Å². The standard InChI is InChI=1S/C31H35ClN4O6S/c1-43(41,42)35(27-13-8-14-28(20-27)36(39)40)22-30(37)34(21-24-15-17-25(32)18-16-24)29(19-23-9-4-2-5-10-23)31(38)33-26-11-6-3-7-12-26/h2,4-5,8-10,13-18,20,26,29H,3,6-7,11-12,19,21-22H2,1H3,(H,33,38). The van der Waals surface area contributed by atoms with Crippen molar-refractivity contribution in [3.63, 3.8) is 0 Å². The SMILES string of the molecule is CS(=O)(=O)N(CC(=O)N(Cc1ccc(Cl)cc1)C(Cc1ccccc1)C(=O)NC1CCCCC1)c1cccc([N+](=O)[O-])c1. The number of carbonyl (C=O) groups excluding carboxylic acids is 2. The molecule has 1 fully saturated rings. The van der Waals surface area contributed by atoms with Crippen LogP contribution in [0.4, 0.5) is 11.4 Å². The van der Waals surface area contributed by atoms with Gasteiger partial charge in [0.15, 0.2) is 0 Å². The molecule has 1 aliphatic carbocycles. The summed E-state index contributed by atoms with van der Waals surface area (Å²) < 4.78 is 26.7. The number of sulfonamides is 1. The number of nitro groups is 1. The molecular formula is C31H35ClN4O6S. The molecule has 4 rings (SSSR count). The van der Waals surface area contributed by atoms with Crippen molar-refractivity contribution < 1.29 is 22.9 Å². The molecule has 228 valence electrons. The fraction of sp³-hybridized carbons (Fsp3) is 0.355. The topological polar surface area (TPSA) is 130 Å². The van der Waals surface area contributed by atoms with Gasteiger partial charge in [-0.05, 0) is 42.2 Å². The van der Waals surface area contributed by atoms with E-state index < -0.39 is 33.4 Å². The van der Waals surface area contributed by atoms with Gasteiger partial charge in [-0.2, -0.15) is 0 Å². The Morgan fingerprint density at radius 3 is 2.28 bits per heavy atom. The number of nitrogens with zero attached hydrogens (tertiary/aromatic N) is 3. The molecule has 0 radical (unpaired) electrons. The highest BCUT2D eigenvalue weighted by Crippen LogP contribution is 2.25. The second kappa shape index (κ2) is 14.5. The zero-order valence-corrected chi connectivity index (χ0v) is 25.5. The van der Waals surface area contributed by atoms with E-state index in [-0.39, 0.29) is 36.3 Å². The second-order valence-electron chi connectivity index (χ2n) is 10.7. The van der Waals surface area contributed by atoms with Gasteiger partial charge in [0, 0.05) is 36.2 Å². The molecule has 0 saturated heterocycles. The smallest absolute Gasteiger partial charge is 0.271 e. The monoisotopic (exact) mass is 626 g/mol. The molecule has 1 atom stereocenters. The lowest BCUT2D eigenvalue weighted by atomic mass is 9.94. The molecule has 2 amide bonds. The maximum atomic E-state index is 14.2. The first-order valence-corrected chi connectivity index (χ1v) is 16.3. The van der Waals surface area contributed by atoms with E-state index in [1.807, 2.05) is 30.3 Å². The number of amides is 2. The van der Waals surface area contributed by atoms with Crippen LogP contribution in [0.2, 0.25) is 5.02 Å². The van der Waals surface area contributed by atoms with Crippen LogP contribution in [0.25, 0.3) is 0 Å². The predicted molar refractivity (Wildman–Crippen MR) is 166 cm³/mol. The first-order valence-electron chi connectivity index (χ1n) is 14.1. The Balaban J connectivity index is 1.73. The maximum absolute atomic E-state index is 14.2. The molecule has 1 saturated carbocycles. The van der Waals surface area contributed by atoms with Crippen molar-refractivity contribution in [1.82, 2.24) is 10.2 Å². The van der Waals surface area contributed by atoms with Crippen LogP contribution in [0, 0.1) is 10.1 Å². The van der Waals surface area contributed by atoms with Crippen molar-refractivity contribution in [3.05, 3.63) is 105 Å². The molecule has 1 N–H and O–H groups in total. The van der Waals surface area contributed by atoms with Gasteiger partial charge < -0.3 is 10.2 Å². The third-order valence-electron chi connectivity index (χ3n) is 7.50. The Morgan fingerprint density at radius 2 is 1.65 bits per heavy atom. The summed E-state index contributed by atoms with van der Waals surface area (Å²) in [5.74, 6) is -0.953. The average Bonchev–Trinajstić information content (AvgIpc) is 2.99. The summed E-state index contributed by atoms with van der Waals surface area (Å²) in [6, 6.07) is 20.3. The predicted octanol–water partition coefficient (Wildman–Crippen LogP) is 5.10. The van der Waals surface area contributed by atoms with Crippen LogP contribution in [0.3, 0.4) is 0 Å². The van der Waals surface area contributed by atoms with E-state index in [1.165, 1.54) is 23.1 Å². The summed E-state index contributed by atoms with van der Waals surface area (Å²) in [4.78, 5) is 40.3. The molecule has 0 aliphatic heterocycles. The highest BCUT2D eigenvalue weighted by molar-refractivity contribution is 7.92. The third-order valence-corrected chi connectivity index (χ3v) is 8.89. The number of rotatable bonds is 12. The largest absolute Gasteiger partial charge is 0.352 e. The Bertz CT molecular complexity index is 1530. The zero-order chi connectivity index (χ0) is 31.0. The van der Waals surface area contributed by atoms with Crippen molar-refractivity contribution in [2.45, 2.75) is 57.2 Å². The molecule has 0 bridgehead atoms. The molecule has 3 aromatic rings. The lowest BCUT2D eigenvalue weighted by Gasteiger charge is -2.35. The van der Waals surface area contributed by atoms with Gasteiger partial charge in [-0.15, -0.1) is 0 Å². The first kappa shape index (κ1) is 32.0. The van der Waals surface area contributed by atoms with Crippen molar-refractivity contribution in [3.8, 4) is 0 Å². The number of benzene rings is 3. The summed E-state index contributed by atoms with van der Waals surface area (Å²) >= 11 is 6.10. The van der Waals surface area contributed by atoms with Crippen LogP contribution < -0.4 is 9.62 Å². The minimum atomic E-state index is -4.05. The van der Waals surface area contributed by atoms with E-state index in [1.54, 1.807) is 24.3 Å². The van der Waals surface area contributed by atoms with E-state index in [4.69, 9.17) is 11.6 Å². The van der Waals surface area contributed by atoms with Gasteiger partial charge in [0.25, 0.3) is 5.69 Å². The third kappa shape index (κ3) is 9.01. The van der Waals surface area contributed by atoms with Crippen LogP contribution in [-0.4, -0.2) is 54.9 Å². The van der Waals surface area contributed by atoms with Crippen molar-refractivity contribution in [1.29, 1.82) is 0 Å². The van der Waals surface area contributed by atoms with Crippen LogP contribution in [0.15, 0.2) is 78.9 Å². The zero-order valence-electron chi connectivity index (χ0n) is 23.9. The number of nitrogens with one attached hydrogen (secondary N) is 1. The van der Waals surface area contributed by atoms with E-state index >= 15 is 0 Å². The molecule has 0 aromatic heterocycles. The van der Waals surface area contributed by atoms with Gasteiger partial charge in [0.05, 0.1) is 16.9 Å². The minimum Gasteiger partial charge on any atom is -0.352 e. The van der Waals surface area contributed by atoms with Crippen LogP contribution in [0.5, 0.6) is 0 Å². The fourth-order valence-corrected chi connectivity index (χ4v) is 6.23. The number of non-ortho nitro benzene ring substituents is 1. The van der Waals surface area contributed by atoms with E-state index in [9.17, 15) is 28.1 Å². The summed E-state index contributed by atoms with van der Waals surface area (Å²) in [7, 11) is -4.05. The lowest BCUT2D eigenvalue weighted by Crippen LogP contribution is -2.55. The van der Waals surface area contributed by atoms with E-state index in [2.05, 4.69) is 5.32 Å². The van der Waals surface area contributed by atoms with Crippen LogP contribution in [0.1, 0.15) is 43.2 Å². The van der Waals surface area contributed by atoms with Gasteiger partial charge in [-0.3, -0.25) is 24.0 Å². The number of hydrogen-bond donors (Lipinski definition) is 1. The first-order chi connectivity index (χ1) is 20.5. The number of anilines is 1. The molecule has 10 nitrogen and oxygen atoms in total.